The second-order valence-electron chi connectivity index (χ2n) is 5.03. The van der Waals surface area contributed by atoms with Crippen molar-refractivity contribution < 1.29 is 14.3 Å². The van der Waals surface area contributed by atoms with E-state index < -0.39 is 16.1 Å². The van der Waals surface area contributed by atoms with Gasteiger partial charge in [0.15, 0.2) is 6.17 Å². The molecule has 0 bridgehead atoms. The number of alkyl halides is 3. The maximum absolute atomic E-state index is 12.0. The normalized spacial score (nSPS) is 12.2. The van der Waals surface area contributed by atoms with Gasteiger partial charge in [0, 0.05) is 0 Å². The number of amides is 1. The molecule has 0 aliphatic heterocycles. The molecule has 0 heterocycles. The molecule has 134 valence electrons. The Morgan fingerprint density at radius 1 is 1.08 bits per heavy atom. The number of carbonyl (C=O) groups is 1. The predicted molar refractivity (Wildman–Crippen MR) is 100 cm³/mol. The third-order valence-corrected chi connectivity index (χ3v) is 3.86. The van der Waals surface area contributed by atoms with Crippen molar-refractivity contribution in [1.82, 2.24) is 5.32 Å². The topological polar surface area (TPSA) is 59.6 Å². The number of ether oxygens (including phenoxy) is 2. The van der Waals surface area contributed by atoms with E-state index in [0.717, 1.165) is 5.56 Å². The van der Waals surface area contributed by atoms with Crippen molar-refractivity contribution in [2.24, 2.45) is 0 Å². The fourth-order valence-electron chi connectivity index (χ4n) is 2.00. The Morgan fingerprint density at radius 3 is 2.36 bits per heavy atom. The van der Waals surface area contributed by atoms with E-state index >= 15 is 0 Å². The van der Waals surface area contributed by atoms with Crippen LogP contribution in [-0.4, -0.2) is 23.2 Å². The summed E-state index contributed by atoms with van der Waals surface area (Å²) in [6, 6.07) is 16.3. The number of hydrogen-bond donors (Lipinski definition) is 2. The molecule has 1 amide bonds. The molecule has 2 rings (SSSR count). The summed E-state index contributed by atoms with van der Waals surface area (Å²) in [5, 5.41) is 5.44. The quantitative estimate of drug-likeness (QED) is 0.541. The molecule has 0 saturated carbocycles. The average molecular weight is 404 g/mol. The molecule has 0 aliphatic rings. The third-order valence-electron chi connectivity index (χ3n) is 3.21. The van der Waals surface area contributed by atoms with E-state index in [9.17, 15) is 4.79 Å². The van der Waals surface area contributed by atoms with Gasteiger partial charge in [0.2, 0.25) is 3.79 Å². The molecule has 0 unspecified atom stereocenters. The number of anilines is 1. The summed E-state index contributed by atoms with van der Waals surface area (Å²) in [6.07, 6.45) is -1.75. The number of para-hydroxylation sites is 2. The van der Waals surface area contributed by atoms with Crippen LogP contribution in [0.1, 0.15) is 5.56 Å². The number of alkyl carbamates (subject to hydrolysis) is 1. The van der Waals surface area contributed by atoms with Gasteiger partial charge in [-0.15, -0.1) is 0 Å². The lowest BCUT2D eigenvalue weighted by molar-refractivity contribution is 0.137. The SMILES string of the molecule is COc1ccccc1N[C@H](NC(=O)OCc1ccccc1)C(Cl)(Cl)Cl. The van der Waals surface area contributed by atoms with Gasteiger partial charge in [-0.25, -0.2) is 4.79 Å². The van der Waals surface area contributed by atoms with Crippen molar-refractivity contribution in [1.29, 1.82) is 0 Å². The van der Waals surface area contributed by atoms with Crippen LogP contribution in [0.15, 0.2) is 54.6 Å². The lowest BCUT2D eigenvalue weighted by atomic mass is 10.2. The second kappa shape index (κ2) is 9.04. The van der Waals surface area contributed by atoms with Crippen LogP contribution >= 0.6 is 34.8 Å². The maximum Gasteiger partial charge on any atom is 0.409 e. The van der Waals surface area contributed by atoms with Crippen molar-refractivity contribution in [2.45, 2.75) is 16.6 Å². The molecular weight excluding hydrogens is 387 g/mol. The van der Waals surface area contributed by atoms with Gasteiger partial charge in [-0.2, -0.15) is 0 Å². The van der Waals surface area contributed by atoms with Gasteiger partial charge in [-0.3, -0.25) is 5.32 Å². The zero-order valence-electron chi connectivity index (χ0n) is 13.3. The molecule has 25 heavy (non-hydrogen) atoms. The molecule has 2 aromatic rings. The van der Waals surface area contributed by atoms with Crippen molar-refractivity contribution in [3.63, 3.8) is 0 Å². The second-order valence-corrected chi connectivity index (χ2v) is 7.39. The van der Waals surface area contributed by atoms with Crippen LogP contribution in [-0.2, 0) is 11.3 Å². The minimum Gasteiger partial charge on any atom is -0.495 e. The summed E-state index contributed by atoms with van der Waals surface area (Å²) in [6.45, 7) is 0.105. The van der Waals surface area contributed by atoms with Crippen LogP contribution in [0, 0.1) is 0 Å². The van der Waals surface area contributed by atoms with E-state index in [1.165, 1.54) is 7.11 Å². The summed E-state index contributed by atoms with van der Waals surface area (Å²) in [7, 11) is 1.52. The zero-order valence-corrected chi connectivity index (χ0v) is 15.6. The van der Waals surface area contributed by atoms with Gasteiger partial charge in [-0.05, 0) is 17.7 Å². The smallest absolute Gasteiger partial charge is 0.409 e. The molecule has 8 heteroatoms. The van der Waals surface area contributed by atoms with E-state index in [1.54, 1.807) is 24.3 Å². The average Bonchev–Trinajstić information content (AvgIpc) is 2.60. The number of nitrogens with one attached hydrogen (secondary N) is 2. The number of benzene rings is 2. The zero-order chi connectivity index (χ0) is 18.3. The number of methoxy groups -OCH3 is 1. The molecule has 2 aromatic carbocycles. The Hall–Kier alpha value is -1.82. The Morgan fingerprint density at radius 2 is 1.72 bits per heavy atom. The predicted octanol–water partition coefficient (Wildman–Crippen LogP) is 4.73. The van der Waals surface area contributed by atoms with E-state index in [4.69, 9.17) is 44.3 Å². The molecular formula is C17H17Cl3N2O3. The highest BCUT2D eigenvalue weighted by Crippen LogP contribution is 2.33. The van der Waals surface area contributed by atoms with Crippen LogP contribution in [0.3, 0.4) is 0 Å². The van der Waals surface area contributed by atoms with Crippen LogP contribution in [0.5, 0.6) is 5.75 Å². The van der Waals surface area contributed by atoms with Gasteiger partial charge < -0.3 is 14.8 Å². The molecule has 0 fully saturated rings. The van der Waals surface area contributed by atoms with E-state index in [-0.39, 0.29) is 6.61 Å². The minimum absolute atomic E-state index is 0.105. The summed E-state index contributed by atoms with van der Waals surface area (Å²) < 4.78 is 8.57. The van der Waals surface area contributed by atoms with Gasteiger partial charge in [0.25, 0.3) is 0 Å². The highest BCUT2D eigenvalue weighted by molar-refractivity contribution is 6.68. The molecule has 0 spiro atoms. The number of hydrogen-bond acceptors (Lipinski definition) is 4. The van der Waals surface area contributed by atoms with E-state index in [1.807, 2.05) is 30.3 Å². The molecule has 5 nitrogen and oxygen atoms in total. The fraction of sp³-hybridized carbons (Fsp3) is 0.235. The highest BCUT2D eigenvalue weighted by Gasteiger charge is 2.35. The standard InChI is InChI=1S/C17H17Cl3N2O3/c1-24-14-10-6-5-9-13(14)21-15(17(18,19)20)22-16(23)25-11-12-7-3-2-4-8-12/h2-10,15,21H,11H2,1H3,(H,22,23)/t15-/m1/s1. The first-order chi connectivity index (χ1) is 11.9. The first kappa shape index (κ1) is 19.5. The van der Waals surface area contributed by atoms with Gasteiger partial charge in [-0.1, -0.05) is 77.3 Å². The first-order valence-corrected chi connectivity index (χ1v) is 8.47. The Labute approximate surface area is 161 Å². The molecule has 1 atom stereocenters. The van der Waals surface area contributed by atoms with Crippen LogP contribution in [0.25, 0.3) is 0 Å². The third kappa shape index (κ3) is 6.20. The molecule has 0 aliphatic carbocycles. The molecule has 2 N–H and O–H groups in total. The molecule has 0 radical (unpaired) electrons. The van der Waals surface area contributed by atoms with Crippen LogP contribution < -0.4 is 15.4 Å². The van der Waals surface area contributed by atoms with Gasteiger partial charge >= 0.3 is 6.09 Å². The van der Waals surface area contributed by atoms with Crippen molar-refractivity contribution >= 4 is 46.6 Å². The fourth-order valence-corrected chi connectivity index (χ4v) is 2.33. The number of halogens is 3. The summed E-state index contributed by atoms with van der Waals surface area (Å²) >= 11 is 17.9. The highest BCUT2D eigenvalue weighted by atomic mass is 35.6. The van der Waals surface area contributed by atoms with Crippen LogP contribution in [0.2, 0.25) is 0 Å². The Bertz CT molecular complexity index is 693. The van der Waals surface area contributed by atoms with Crippen molar-refractivity contribution in [3.8, 4) is 5.75 Å². The van der Waals surface area contributed by atoms with Gasteiger partial charge in [0.05, 0.1) is 12.8 Å². The molecule has 0 saturated heterocycles. The lowest BCUT2D eigenvalue weighted by Gasteiger charge is -2.27. The van der Waals surface area contributed by atoms with Crippen molar-refractivity contribution in [2.75, 3.05) is 12.4 Å². The largest absolute Gasteiger partial charge is 0.495 e. The Kier molecular flexibility index (Phi) is 7.05. The van der Waals surface area contributed by atoms with E-state index in [0.29, 0.717) is 11.4 Å². The Balaban J connectivity index is 2.01. The summed E-state index contributed by atoms with van der Waals surface area (Å²) in [4.78, 5) is 12.0. The summed E-state index contributed by atoms with van der Waals surface area (Å²) in [5.74, 6) is 0.543. The summed E-state index contributed by atoms with van der Waals surface area (Å²) in [5.41, 5.74) is 1.41. The lowest BCUT2D eigenvalue weighted by Crippen LogP contribution is -2.49. The van der Waals surface area contributed by atoms with Crippen LogP contribution in [0.4, 0.5) is 10.5 Å². The van der Waals surface area contributed by atoms with Gasteiger partial charge in [0.1, 0.15) is 12.4 Å². The monoisotopic (exact) mass is 402 g/mol. The number of rotatable bonds is 6. The number of carbonyl (C=O) groups excluding carboxylic acids is 1. The van der Waals surface area contributed by atoms with E-state index in [2.05, 4.69) is 10.6 Å². The maximum atomic E-state index is 12.0. The minimum atomic E-state index is -1.81. The molecule has 0 aromatic heterocycles. The van der Waals surface area contributed by atoms with Crippen molar-refractivity contribution in [3.05, 3.63) is 60.2 Å². The first-order valence-electron chi connectivity index (χ1n) is 7.33.